The number of ether oxygens (including phenoxy) is 2. The van der Waals surface area contributed by atoms with Crippen LogP contribution in [0.1, 0.15) is 59.8 Å². The Morgan fingerprint density at radius 1 is 1.15 bits per heavy atom. The molecule has 0 aromatic heterocycles. The van der Waals surface area contributed by atoms with Gasteiger partial charge in [0.2, 0.25) is 0 Å². The molecule has 1 aliphatic carbocycles. The topological polar surface area (TPSA) is 52.6 Å². The Bertz CT molecular complexity index is 666. The molecule has 26 heavy (non-hydrogen) atoms. The van der Waals surface area contributed by atoms with Crippen LogP contribution in [0.3, 0.4) is 0 Å². The average molecular weight is 358 g/mol. The highest BCUT2D eigenvalue weighted by molar-refractivity contribution is 5.91. The summed E-state index contributed by atoms with van der Waals surface area (Å²) >= 11 is 0. The molecule has 0 aromatic carbocycles. The Labute approximate surface area is 156 Å². The third-order valence-corrected chi connectivity index (χ3v) is 4.99. The van der Waals surface area contributed by atoms with E-state index in [1.54, 1.807) is 0 Å². The van der Waals surface area contributed by atoms with Gasteiger partial charge in [0.25, 0.3) is 0 Å². The molecule has 0 unspecified atom stereocenters. The minimum absolute atomic E-state index is 0.00759. The number of fused-ring (bicyclic) bond motifs is 1. The van der Waals surface area contributed by atoms with Gasteiger partial charge in [-0.05, 0) is 58.6 Å². The maximum Gasteiger partial charge on any atom is 0.334 e. The summed E-state index contributed by atoms with van der Waals surface area (Å²) in [4.78, 5) is 23.4. The van der Waals surface area contributed by atoms with Gasteiger partial charge in [0.15, 0.2) is 0 Å². The van der Waals surface area contributed by atoms with Crippen LogP contribution in [0.15, 0.2) is 47.1 Å². The number of carbonyl (C=O) groups is 2. The molecule has 4 heteroatoms. The number of allylic oxidation sites excluding steroid dienone is 3. The van der Waals surface area contributed by atoms with E-state index in [9.17, 15) is 9.59 Å². The van der Waals surface area contributed by atoms with Gasteiger partial charge in [-0.15, -0.1) is 0 Å². The van der Waals surface area contributed by atoms with Crippen molar-refractivity contribution in [2.45, 2.75) is 72.0 Å². The Kier molecular flexibility index (Phi) is 7.01. The van der Waals surface area contributed by atoms with E-state index in [1.807, 2.05) is 19.1 Å². The summed E-state index contributed by atoms with van der Waals surface area (Å²) in [5.41, 5.74) is 4.13. The number of carbonyl (C=O) groups excluding carboxylic acids is 2. The smallest absolute Gasteiger partial charge is 0.334 e. The zero-order valence-electron chi connectivity index (χ0n) is 16.3. The van der Waals surface area contributed by atoms with Crippen LogP contribution in [-0.4, -0.2) is 24.1 Å². The van der Waals surface area contributed by atoms with Crippen molar-refractivity contribution in [2.75, 3.05) is 0 Å². The first kappa shape index (κ1) is 20.2. The summed E-state index contributed by atoms with van der Waals surface area (Å²) in [5, 5.41) is 0. The molecule has 0 amide bonds. The summed E-state index contributed by atoms with van der Waals surface area (Å²) in [7, 11) is 0. The SMILES string of the molecule is C=C1C(=O)O[C@H]2/C=C(\C)C[C@H](OC(C)=O)/C=C(\C)CC/C=C(\C)CC[C@H]12. The highest BCUT2D eigenvalue weighted by atomic mass is 16.6. The molecule has 0 saturated carbocycles. The largest absolute Gasteiger partial charge is 0.458 e. The zero-order valence-corrected chi connectivity index (χ0v) is 16.3. The van der Waals surface area contributed by atoms with E-state index in [0.717, 1.165) is 31.3 Å². The normalized spacial score (nSPS) is 34.2. The van der Waals surface area contributed by atoms with Crippen molar-refractivity contribution < 1.29 is 19.1 Å². The van der Waals surface area contributed by atoms with Crippen molar-refractivity contribution in [1.82, 2.24) is 0 Å². The second kappa shape index (κ2) is 9.02. The second-order valence-electron chi connectivity index (χ2n) is 7.51. The van der Waals surface area contributed by atoms with E-state index in [-0.39, 0.29) is 30.1 Å². The summed E-state index contributed by atoms with van der Waals surface area (Å²) in [6.45, 7) is 11.6. The summed E-state index contributed by atoms with van der Waals surface area (Å²) in [5.74, 6) is -0.585. The van der Waals surface area contributed by atoms with Gasteiger partial charge in [-0.1, -0.05) is 29.4 Å². The van der Waals surface area contributed by atoms with Crippen LogP contribution in [-0.2, 0) is 19.1 Å². The molecule has 2 rings (SSSR count). The zero-order chi connectivity index (χ0) is 19.3. The summed E-state index contributed by atoms with van der Waals surface area (Å²) in [6.07, 6.45) is 9.98. The Balaban J connectivity index is 2.30. The average Bonchev–Trinajstić information content (AvgIpc) is 2.77. The van der Waals surface area contributed by atoms with Gasteiger partial charge in [-0.3, -0.25) is 4.79 Å². The maximum absolute atomic E-state index is 12.0. The van der Waals surface area contributed by atoms with E-state index < -0.39 is 0 Å². The molecule has 0 radical (unpaired) electrons. The molecule has 1 saturated heterocycles. The van der Waals surface area contributed by atoms with Crippen molar-refractivity contribution in [2.24, 2.45) is 5.92 Å². The number of hydrogen-bond donors (Lipinski definition) is 0. The molecule has 1 aliphatic heterocycles. The van der Waals surface area contributed by atoms with Crippen molar-refractivity contribution in [1.29, 1.82) is 0 Å². The lowest BCUT2D eigenvalue weighted by molar-refractivity contribution is -0.144. The van der Waals surface area contributed by atoms with Crippen molar-refractivity contribution in [3.05, 3.63) is 47.1 Å². The lowest BCUT2D eigenvalue weighted by Gasteiger charge is -2.19. The first-order valence-electron chi connectivity index (χ1n) is 9.33. The predicted octanol–water partition coefficient (Wildman–Crippen LogP) is 4.82. The molecule has 1 fully saturated rings. The van der Waals surface area contributed by atoms with E-state index in [4.69, 9.17) is 9.47 Å². The number of rotatable bonds is 1. The Morgan fingerprint density at radius 3 is 2.58 bits per heavy atom. The van der Waals surface area contributed by atoms with Crippen LogP contribution in [0.25, 0.3) is 0 Å². The lowest BCUT2D eigenvalue weighted by atomic mass is 9.88. The van der Waals surface area contributed by atoms with Gasteiger partial charge in [-0.2, -0.15) is 0 Å². The molecule has 0 N–H and O–H groups in total. The summed E-state index contributed by atoms with van der Waals surface area (Å²) in [6, 6.07) is 0. The molecule has 1 heterocycles. The van der Waals surface area contributed by atoms with Crippen LogP contribution in [0.2, 0.25) is 0 Å². The van der Waals surface area contributed by atoms with E-state index in [0.29, 0.717) is 12.0 Å². The quantitative estimate of drug-likeness (QED) is 0.383. The monoisotopic (exact) mass is 358 g/mol. The fraction of sp³-hybridized carbons (Fsp3) is 0.545. The minimum Gasteiger partial charge on any atom is -0.458 e. The highest BCUT2D eigenvalue weighted by Crippen LogP contribution is 2.33. The van der Waals surface area contributed by atoms with Crippen molar-refractivity contribution >= 4 is 11.9 Å². The number of hydrogen-bond acceptors (Lipinski definition) is 4. The first-order chi connectivity index (χ1) is 12.3. The lowest BCUT2D eigenvalue weighted by Crippen LogP contribution is -2.18. The Hall–Kier alpha value is -2.10. The minimum atomic E-state index is -0.303. The van der Waals surface area contributed by atoms with E-state index >= 15 is 0 Å². The molecule has 4 nitrogen and oxygen atoms in total. The van der Waals surface area contributed by atoms with E-state index in [2.05, 4.69) is 26.5 Å². The number of esters is 2. The van der Waals surface area contributed by atoms with Crippen LogP contribution < -0.4 is 0 Å². The molecule has 2 aliphatic rings. The molecule has 142 valence electrons. The fourth-order valence-electron chi connectivity index (χ4n) is 3.57. The third-order valence-electron chi connectivity index (χ3n) is 4.99. The molecular weight excluding hydrogens is 328 g/mol. The summed E-state index contributed by atoms with van der Waals surface area (Å²) < 4.78 is 11.0. The third kappa shape index (κ3) is 5.72. The Morgan fingerprint density at radius 2 is 1.88 bits per heavy atom. The predicted molar refractivity (Wildman–Crippen MR) is 102 cm³/mol. The van der Waals surface area contributed by atoms with Gasteiger partial charge in [0, 0.05) is 24.8 Å². The van der Waals surface area contributed by atoms with Crippen LogP contribution in [0.4, 0.5) is 0 Å². The van der Waals surface area contributed by atoms with Crippen molar-refractivity contribution in [3.63, 3.8) is 0 Å². The molecule has 0 aromatic rings. The van der Waals surface area contributed by atoms with Crippen molar-refractivity contribution in [3.8, 4) is 0 Å². The maximum atomic E-state index is 12.0. The molecule has 0 spiro atoms. The van der Waals surface area contributed by atoms with Gasteiger partial charge in [0.05, 0.1) is 0 Å². The fourth-order valence-corrected chi connectivity index (χ4v) is 3.57. The first-order valence-corrected chi connectivity index (χ1v) is 9.33. The molecular formula is C22H30O4. The van der Waals surface area contributed by atoms with Gasteiger partial charge in [0.1, 0.15) is 12.2 Å². The second-order valence-corrected chi connectivity index (χ2v) is 7.51. The van der Waals surface area contributed by atoms with Gasteiger partial charge < -0.3 is 9.47 Å². The molecule has 0 bridgehead atoms. The van der Waals surface area contributed by atoms with E-state index in [1.165, 1.54) is 18.1 Å². The van der Waals surface area contributed by atoms with Gasteiger partial charge in [-0.25, -0.2) is 4.79 Å². The van der Waals surface area contributed by atoms with Crippen LogP contribution in [0.5, 0.6) is 0 Å². The standard InChI is InChI=1S/C22H30O4/c1-14-7-6-8-15(2)11-19(25-18(5)23)12-16(3)13-21-20(10-9-14)17(4)22(24)26-21/h7,11,13,19-21H,4,6,8-10,12H2,1-3,5H3/b14-7+,15-11+,16-13+/t19-,20-,21+/m1/s1. The highest BCUT2D eigenvalue weighted by Gasteiger charge is 2.37. The van der Waals surface area contributed by atoms with Gasteiger partial charge >= 0.3 is 11.9 Å². The van der Waals surface area contributed by atoms with Crippen LogP contribution in [0, 0.1) is 5.92 Å². The van der Waals surface area contributed by atoms with Crippen LogP contribution >= 0.6 is 0 Å². The molecule has 3 atom stereocenters.